The summed E-state index contributed by atoms with van der Waals surface area (Å²) < 4.78 is 0. The number of carboxylic acid groups (broad SMARTS) is 1. The average Bonchev–Trinajstić information content (AvgIpc) is 1.71. The van der Waals surface area contributed by atoms with E-state index in [1.54, 1.807) is 55.4 Å². The molecule has 4 aliphatic rings. The third-order valence-electron chi connectivity index (χ3n) is 21.2. The van der Waals surface area contributed by atoms with E-state index in [0.29, 0.717) is 24.9 Å². The van der Waals surface area contributed by atoms with E-state index >= 15 is 0 Å². The van der Waals surface area contributed by atoms with Gasteiger partial charge in [-0.25, -0.2) is 4.79 Å². The molecule has 4 saturated heterocycles. The van der Waals surface area contributed by atoms with E-state index in [1.165, 1.54) is 36.1 Å². The molecule has 0 spiro atoms. The highest BCUT2D eigenvalue weighted by Gasteiger charge is 2.45. The molecule has 16 amide bonds. The van der Waals surface area contributed by atoms with Crippen molar-refractivity contribution in [1.82, 2.24) is 83.8 Å². The van der Waals surface area contributed by atoms with Gasteiger partial charge in [0.2, 0.25) is 94.5 Å². The Balaban J connectivity index is 1.23. The second-order valence-electron chi connectivity index (χ2n) is 33.1. The fourth-order valence-corrected chi connectivity index (χ4v) is 14.7. The van der Waals surface area contributed by atoms with Gasteiger partial charge in [-0.1, -0.05) is 87.8 Å². The van der Waals surface area contributed by atoms with E-state index in [1.807, 2.05) is 13.8 Å². The molecule has 1 aromatic rings. The summed E-state index contributed by atoms with van der Waals surface area (Å²) in [6.45, 7) is 17.5. The molecule has 18 atom stereocenters. The molecule has 666 valence electrons. The van der Waals surface area contributed by atoms with Crippen molar-refractivity contribution in [3.63, 3.8) is 0 Å². The van der Waals surface area contributed by atoms with Crippen LogP contribution in [0.5, 0.6) is 5.75 Å². The third-order valence-corrected chi connectivity index (χ3v) is 21.2. The summed E-state index contributed by atoms with van der Waals surface area (Å²) >= 11 is 0. The lowest BCUT2D eigenvalue weighted by Gasteiger charge is -2.32. The lowest BCUT2D eigenvalue weighted by atomic mass is 9.96. The predicted octanol–water partition coefficient (Wildman–Crippen LogP) is -4.95. The number of amides is 16. The molecule has 0 unspecified atom stereocenters. The molecule has 4 heterocycles. The number of rotatable bonds is 46. The Hall–Kier alpha value is -10.2. The molecule has 40 heteroatoms. The first-order valence-electron chi connectivity index (χ1n) is 41.1. The van der Waals surface area contributed by atoms with Crippen molar-refractivity contribution >= 4 is 100 Å². The van der Waals surface area contributed by atoms with Crippen LogP contribution in [0.15, 0.2) is 24.3 Å². The molecule has 119 heavy (non-hydrogen) atoms. The zero-order chi connectivity index (χ0) is 89.0. The number of likely N-dealkylation sites (tertiary alicyclic amines) is 3. The number of aromatic hydroxyl groups is 1. The normalized spacial score (nSPS) is 20.1. The lowest BCUT2D eigenvalue weighted by Crippen LogP contribution is -2.63. The van der Waals surface area contributed by atoms with E-state index in [2.05, 4.69) is 69.1 Å². The van der Waals surface area contributed by atoms with E-state index in [9.17, 15) is 112 Å². The van der Waals surface area contributed by atoms with Crippen LogP contribution in [0.2, 0.25) is 0 Å². The van der Waals surface area contributed by atoms with Gasteiger partial charge in [-0.15, -0.1) is 0 Å². The fraction of sp³-hybridized carbons (Fsp3) is 0.709. The van der Waals surface area contributed by atoms with Crippen molar-refractivity contribution in [2.75, 3.05) is 45.9 Å². The zero-order valence-corrected chi connectivity index (χ0v) is 70.1. The second kappa shape index (κ2) is 47.6. The quantitative estimate of drug-likeness (QED) is 0.0291. The Labute approximate surface area is 692 Å². The second-order valence-corrected chi connectivity index (χ2v) is 33.1. The van der Waals surface area contributed by atoms with Gasteiger partial charge in [-0.05, 0) is 145 Å². The Morgan fingerprint density at radius 1 is 0.437 bits per heavy atom. The molecule has 0 aliphatic carbocycles. The van der Waals surface area contributed by atoms with Crippen LogP contribution in [-0.4, -0.2) is 295 Å². The average molecular weight is 1680 g/mol. The molecule has 21 N–H and O–H groups in total. The van der Waals surface area contributed by atoms with Crippen molar-refractivity contribution in [1.29, 1.82) is 0 Å². The number of primary amides is 1. The number of nitrogens with one attached hydrogen (secondary N) is 13. The van der Waals surface area contributed by atoms with Gasteiger partial charge in [0.05, 0.1) is 44.4 Å². The monoisotopic (exact) mass is 1680 g/mol. The maximum Gasteiger partial charge on any atom is 0.326 e. The number of carboxylic acids is 1. The number of benzene rings is 1. The van der Waals surface area contributed by atoms with Crippen molar-refractivity contribution in [2.24, 2.45) is 35.3 Å². The zero-order valence-electron chi connectivity index (χ0n) is 70.1. The van der Waals surface area contributed by atoms with Crippen LogP contribution in [0.25, 0.3) is 0 Å². The smallest absolute Gasteiger partial charge is 0.326 e. The van der Waals surface area contributed by atoms with Gasteiger partial charge >= 0.3 is 5.97 Å². The van der Waals surface area contributed by atoms with Crippen LogP contribution in [0.4, 0.5) is 0 Å². The van der Waals surface area contributed by atoms with E-state index < -0.39 is 235 Å². The number of carbonyl (C=O) groups is 17. The standard InChI is InChI=1S/C79H127N17O23/c1-13-43(10)62(73(112)93-64(45(12)100)74(113)87-49(30-39(2)3)65(104)82-36-61(103)83-53(32-41(6)7)76(115)96-29-17-21-59(96)79(118)119)91-69(108)52(35-60(80)102)86-71(110)57-19-15-27-94(57)77(116)54(33-42(8)9)88-70(109)55(37-97)89-72(111)58-20-16-28-95(58)78(117)56(38-98)90-75(114)63(44(11)99)92-68(107)51(34-46-22-24-47(101)25-23-46)85-67(106)50(31-40(4)5)84-66(105)48-18-14-26-81-48/h22-25,39-45,48-59,62-64,81,97-101H,13-21,26-38H2,1-12H3,(H2,80,102)(H,82,104)(H,83,103)(H,84,105)(H,85,106)(H,86,110)(H,87,113)(H,88,109)(H,89,111)(H,90,114)(H,91,108)(H,92,107)(H,93,112)(H,118,119)/t43-,44+,45+,48-,49-,50-,51-,52-,53-,54-,55-,56-,57-,58-,59-,62-,63-,64-/m0/s1. The van der Waals surface area contributed by atoms with Gasteiger partial charge in [-0.3, -0.25) is 76.7 Å². The van der Waals surface area contributed by atoms with Gasteiger partial charge in [0.1, 0.15) is 90.3 Å². The summed E-state index contributed by atoms with van der Waals surface area (Å²) in [5, 5.41) is 96.1. The van der Waals surface area contributed by atoms with Gasteiger partial charge in [0, 0.05) is 26.1 Å². The van der Waals surface area contributed by atoms with Crippen molar-refractivity contribution in [3.8, 4) is 5.75 Å². The molecule has 0 aromatic heterocycles. The summed E-state index contributed by atoms with van der Waals surface area (Å²) in [5.41, 5.74) is 6.05. The van der Waals surface area contributed by atoms with Crippen molar-refractivity contribution in [2.45, 2.75) is 282 Å². The summed E-state index contributed by atoms with van der Waals surface area (Å²) in [7, 11) is 0. The predicted molar refractivity (Wildman–Crippen MR) is 428 cm³/mol. The van der Waals surface area contributed by atoms with Crippen LogP contribution in [0.1, 0.15) is 179 Å². The first kappa shape index (κ1) is 99.4. The van der Waals surface area contributed by atoms with Gasteiger partial charge in [0.15, 0.2) is 0 Å². The summed E-state index contributed by atoms with van der Waals surface area (Å²) in [6.07, 6.45) is -1.58. The number of hydrogen-bond acceptors (Lipinski definition) is 23. The molecular weight excluding hydrogens is 1550 g/mol. The number of phenolic OH excluding ortho intramolecular Hbond substituents is 1. The highest BCUT2D eigenvalue weighted by molar-refractivity contribution is 6.02. The molecule has 40 nitrogen and oxygen atoms in total. The number of nitrogens with zero attached hydrogens (tertiary/aromatic N) is 3. The Bertz CT molecular complexity index is 3710. The van der Waals surface area contributed by atoms with Crippen molar-refractivity contribution in [3.05, 3.63) is 29.8 Å². The minimum absolute atomic E-state index is 0.00502. The van der Waals surface area contributed by atoms with E-state index in [0.717, 1.165) is 23.1 Å². The fourth-order valence-electron chi connectivity index (χ4n) is 14.7. The molecule has 0 radical (unpaired) electrons. The lowest BCUT2D eigenvalue weighted by molar-refractivity contribution is -0.149. The van der Waals surface area contributed by atoms with E-state index in [-0.39, 0.29) is 120 Å². The number of hydrogen-bond donors (Lipinski definition) is 20. The maximum absolute atomic E-state index is 14.7. The van der Waals surface area contributed by atoms with Crippen LogP contribution < -0.4 is 74.9 Å². The molecular formula is C79H127N17O23. The van der Waals surface area contributed by atoms with Crippen LogP contribution in [0.3, 0.4) is 0 Å². The van der Waals surface area contributed by atoms with Crippen LogP contribution in [0, 0.1) is 29.6 Å². The largest absolute Gasteiger partial charge is 0.508 e. The Morgan fingerprint density at radius 3 is 1.29 bits per heavy atom. The first-order valence-corrected chi connectivity index (χ1v) is 41.1. The molecule has 5 rings (SSSR count). The Morgan fingerprint density at radius 2 is 0.824 bits per heavy atom. The van der Waals surface area contributed by atoms with Crippen LogP contribution >= 0.6 is 0 Å². The minimum atomic E-state index is -1.84. The topological polar surface area (TPSA) is 604 Å². The highest BCUT2D eigenvalue weighted by Crippen LogP contribution is 2.25. The number of aliphatic carboxylic acids is 1. The molecule has 1 aromatic carbocycles. The number of nitrogens with two attached hydrogens (primary N) is 1. The maximum atomic E-state index is 14.7. The first-order chi connectivity index (χ1) is 56.0. The molecule has 0 saturated carbocycles. The number of aliphatic hydroxyl groups is 4. The molecule has 4 aliphatic heterocycles. The van der Waals surface area contributed by atoms with Gasteiger partial charge in [-0.2, -0.15) is 0 Å². The summed E-state index contributed by atoms with van der Waals surface area (Å²) in [5.74, 6) is -17.5. The molecule has 0 bridgehead atoms. The SMILES string of the molecule is CC[C@H](C)[C@H](NC(=O)[C@H](CC(N)=O)NC(=O)[C@@H]1CCCN1C(=O)[C@H](CC(C)C)NC(=O)[C@H](CO)NC(=O)[C@@H]1CCCN1C(=O)[C@H](CO)NC(=O)[C@@H](NC(=O)[C@H](Cc1ccc(O)cc1)NC(=O)[C@H](CC(C)C)NC(=O)[C@@H]1CCCN1)[C@@H](C)O)C(=O)N[C@H](C(=O)N[C@@H](CC(C)C)C(=O)NCC(=O)N[C@@H](CC(C)C)C(=O)N1CCC[C@H]1C(=O)O)[C@@H](C)O. The number of aliphatic hydroxyl groups excluding tert-OH is 4. The highest BCUT2D eigenvalue weighted by atomic mass is 16.4. The Kier molecular flexibility index (Phi) is 39.7. The van der Waals surface area contributed by atoms with Gasteiger partial charge < -0.3 is 120 Å². The molecule has 4 fully saturated rings. The third kappa shape index (κ3) is 30.2. The van der Waals surface area contributed by atoms with Crippen LogP contribution in [-0.2, 0) is 87.9 Å². The summed E-state index contributed by atoms with van der Waals surface area (Å²) in [4.78, 5) is 239. The van der Waals surface area contributed by atoms with Crippen molar-refractivity contribution < 1.29 is 112 Å². The number of phenols is 1. The minimum Gasteiger partial charge on any atom is -0.508 e. The van der Waals surface area contributed by atoms with Gasteiger partial charge in [0.25, 0.3) is 0 Å². The number of carbonyl (C=O) groups excluding carboxylic acids is 16. The van der Waals surface area contributed by atoms with E-state index in [4.69, 9.17) is 5.73 Å². The summed E-state index contributed by atoms with van der Waals surface area (Å²) in [6, 6.07) is -15.7.